The summed E-state index contributed by atoms with van der Waals surface area (Å²) in [7, 11) is 1.56. The first kappa shape index (κ1) is 21.9. The fraction of sp³-hybridized carbons (Fsp3) is 0.192. The minimum Gasteiger partial charge on any atom is -0.493 e. The number of carbonyl (C=O) groups excluding carboxylic acids is 1. The fourth-order valence-corrected chi connectivity index (χ4v) is 3.17. The van der Waals surface area contributed by atoms with Crippen LogP contribution in [0.1, 0.15) is 17.2 Å². The number of carbonyl (C=O) groups is 1. The Labute approximate surface area is 182 Å². The van der Waals surface area contributed by atoms with E-state index in [4.69, 9.17) is 15.9 Å². The number of methoxy groups -OCH3 is 1. The van der Waals surface area contributed by atoms with E-state index in [0.29, 0.717) is 30.0 Å². The zero-order valence-corrected chi connectivity index (χ0v) is 17.4. The number of benzene rings is 3. The third-order valence-electron chi connectivity index (χ3n) is 4.83. The third-order valence-corrected chi connectivity index (χ3v) is 4.83. The Bertz CT molecular complexity index is 1040. The van der Waals surface area contributed by atoms with Crippen LogP contribution in [0.2, 0.25) is 0 Å². The first-order valence-electron chi connectivity index (χ1n) is 9.96. The van der Waals surface area contributed by atoms with E-state index >= 15 is 0 Å². The Morgan fingerprint density at radius 2 is 1.74 bits per heavy atom. The molecule has 0 heterocycles. The Hall–Kier alpha value is -3.75. The average molecular weight is 415 g/mol. The van der Waals surface area contributed by atoms with Crippen molar-refractivity contribution in [3.63, 3.8) is 0 Å². The van der Waals surface area contributed by atoms with Crippen molar-refractivity contribution in [1.82, 2.24) is 5.32 Å². The number of hydrogen-bond acceptors (Lipinski definition) is 4. The molecular formula is C26H25NO4. The summed E-state index contributed by atoms with van der Waals surface area (Å²) in [6.45, 7) is 0.543. The summed E-state index contributed by atoms with van der Waals surface area (Å²) in [5.41, 5.74) is 3.63. The van der Waals surface area contributed by atoms with Crippen molar-refractivity contribution in [2.24, 2.45) is 0 Å². The lowest BCUT2D eigenvalue weighted by atomic mass is 10.0. The lowest BCUT2D eigenvalue weighted by Crippen LogP contribution is -2.30. The molecule has 1 atom stereocenters. The standard InChI is InChI=1S/C26H25NO4/c1-3-17-31-23-14-9-19(18-24(23)30-2)15-16-27-26(29)25(28)22-12-10-21(11-13-22)20-7-5-4-6-8-20/h1,4-14,18,25,28H,15-17H2,2H3,(H,27,29). The maximum atomic E-state index is 12.4. The quantitative estimate of drug-likeness (QED) is 0.522. The molecule has 3 aromatic rings. The largest absolute Gasteiger partial charge is 0.493 e. The first-order valence-corrected chi connectivity index (χ1v) is 9.96. The van der Waals surface area contributed by atoms with E-state index < -0.39 is 12.0 Å². The van der Waals surface area contributed by atoms with E-state index in [2.05, 4.69) is 11.2 Å². The molecule has 0 radical (unpaired) electrons. The van der Waals surface area contributed by atoms with Crippen molar-refractivity contribution in [2.45, 2.75) is 12.5 Å². The van der Waals surface area contributed by atoms with Crippen molar-refractivity contribution in [3.8, 4) is 35.0 Å². The predicted molar refractivity (Wildman–Crippen MR) is 121 cm³/mol. The van der Waals surface area contributed by atoms with E-state index in [1.54, 1.807) is 25.3 Å². The van der Waals surface area contributed by atoms with E-state index in [0.717, 1.165) is 16.7 Å². The molecule has 0 aromatic heterocycles. The van der Waals surface area contributed by atoms with Gasteiger partial charge in [0, 0.05) is 6.54 Å². The van der Waals surface area contributed by atoms with E-state index in [1.807, 2.05) is 54.6 Å². The molecule has 31 heavy (non-hydrogen) atoms. The Balaban J connectivity index is 1.54. The zero-order chi connectivity index (χ0) is 22.1. The lowest BCUT2D eigenvalue weighted by molar-refractivity contribution is -0.129. The minimum absolute atomic E-state index is 0.163. The smallest absolute Gasteiger partial charge is 0.253 e. The van der Waals surface area contributed by atoms with Crippen LogP contribution in [-0.2, 0) is 11.2 Å². The van der Waals surface area contributed by atoms with Gasteiger partial charge >= 0.3 is 0 Å². The number of nitrogens with one attached hydrogen (secondary N) is 1. The van der Waals surface area contributed by atoms with Gasteiger partial charge in [0.2, 0.25) is 0 Å². The summed E-state index contributed by atoms with van der Waals surface area (Å²) in [5.74, 6) is 3.13. The van der Waals surface area contributed by atoms with Gasteiger partial charge in [0.05, 0.1) is 7.11 Å². The Morgan fingerprint density at radius 1 is 1.03 bits per heavy atom. The molecular weight excluding hydrogens is 390 g/mol. The monoisotopic (exact) mass is 415 g/mol. The molecule has 1 unspecified atom stereocenters. The van der Waals surface area contributed by atoms with E-state index in [1.165, 1.54) is 0 Å². The highest BCUT2D eigenvalue weighted by molar-refractivity contribution is 5.82. The van der Waals surface area contributed by atoms with Crippen LogP contribution in [-0.4, -0.2) is 31.3 Å². The highest BCUT2D eigenvalue weighted by atomic mass is 16.5. The highest BCUT2D eigenvalue weighted by Gasteiger charge is 2.17. The van der Waals surface area contributed by atoms with Gasteiger partial charge in [-0.2, -0.15) is 0 Å². The van der Waals surface area contributed by atoms with Gasteiger partial charge in [0.1, 0.15) is 6.61 Å². The summed E-state index contributed by atoms with van der Waals surface area (Å²) in [6.07, 6.45) is 4.57. The van der Waals surface area contributed by atoms with Crippen molar-refractivity contribution >= 4 is 5.91 Å². The molecule has 0 fully saturated rings. The Kier molecular flexibility index (Phi) is 7.69. The average Bonchev–Trinajstić information content (AvgIpc) is 2.83. The molecule has 1 amide bonds. The van der Waals surface area contributed by atoms with Crippen LogP contribution >= 0.6 is 0 Å². The normalized spacial score (nSPS) is 11.3. The van der Waals surface area contributed by atoms with Crippen LogP contribution in [0.3, 0.4) is 0 Å². The van der Waals surface area contributed by atoms with Crippen LogP contribution in [0.25, 0.3) is 11.1 Å². The number of ether oxygens (including phenoxy) is 2. The van der Waals surface area contributed by atoms with Crippen LogP contribution in [0.4, 0.5) is 0 Å². The summed E-state index contributed by atoms with van der Waals surface area (Å²) >= 11 is 0. The molecule has 0 aliphatic heterocycles. The second-order valence-corrected chi connectivity index (χ2v) is 6.91. The van der Waals surface area contributed by atoms with E-state index in [-0.39, 0.29) is 6.61 Å². The molecule has 3 aromatic carbocycles. The highest BCUT2D eigenvalue weighted by Crippen LogP contribution is 2.28. The number of aliphatic hydroxyl groups is 1. The first-order chi connectivity index (χ1) is 15.1. The van der Waals surface area contributed by atoms with Crippen molar-refractivity contribution in [1.29, 1.82) is 0 Å². The number of amides is 1. The van der Waals surface area contributed by atoms with Crippen LogP contribution in [0.5, 0.6) is 11.5 Å². The summed E-state index contributed by atoms with van der Waals surface area (Å²) in [4.78, 5) is 12.4. The second-order valence-electron chi connectivity index (χ2n) is 6.91. The number of terminal acetylenes is 1. The van der Waals surface area contributed by atoms with Gasteiger partial charge in [-0.05, 0) is 40.8 Å². The molecule has 0 saturated carbocycles. The van der Waals surface area contributed by atoms with Gasteiger partial charge < -0.3 is 19.9 Å². The molecule has 3 rings (SSSR count). The maximum absolute atomic E-state index is 12.4. The topological polar surface area (TPSA) is 67.8 Å². The summed E-state index contributed by atoms with van der Waals surface area (Å²) < 4.78 is 10.8. The fourth-order valence-electron chi connectivity index (χ4n) is 3.17. The van der Waals surface area contributed by atoms with Gasteiger partial charge in [-0.15, -0.1) is 6.42 Å². The molecule has 5 nitrogen and oxygen atoms in total. The molecule has 0 aliphatic rings. The summed E-state index contributed by atoms with van der Waals surface area (Å²) in [5, 5.41) is 13.2. The lowest BCUT2D eigenvalue weighted by Gasteiger charge is -2.13. The van der Waals surface area contributed by atoms with Crippen molar-refractivity contribution < 1.29 is 19.4 Å². The van der Waals surface area contributed by atoms with Gasteiger partial charge in [-0.25, -0.2) is 0 Å². The maximum Gasteiger partial charge on any atom is 0.253 e. The number of hydrogen-bond donors (Lipinski definition) is 2. The predicted octanol–water partition coefficient (Wildman–Crippen LogP) is 3.77. The molecule has 0 aliphatic carbocycles. The van der Waals surface area contributed by atoms with Crippen molar-refractivity contribution in [2.75, 3.05) is 20.3 Å². The van der Waals surface area contributed by atoms with Crippen molar-refractivity contribution in [3.05, 3.63) is 83.9 Å². The number of aliphatic hydroxyl groups excluding tert-OH is 1. The molecule has 0 saturated heterocycles. The van der Waals surface area contributed by atoms with Crippen LogP contribution < -0.4 is 14.8 Å². The molecule has 5 heteroatoms. The van der Waals surface area contributed by atoms with Crippen LogP contribution in [0.15, 0.2) is 72.8 Å². The Morgan fingerprint density at radius 3 is 2.42 bits per heavy atom. The second kappa shape index (κ2) is 10.9. The minimum atomic E-state index is -1.22. The van der Waals surface area contributed by atoms with Crippen LogP contribution in [0, 0.1) is 12.3 Å². The van der Waals surface area contributed by atoms with E-state index in [9.17, 15) is 9.90 Å². The molecule has 158 valence electrons. The van der Waals surface area contributed by atoms with Gasteiger partial charge in [-0.1, -0.05) is 66.6 Å². The SMILES string of the molecule is C#CCOc1ccc(CCNC(=O)C(O)c2ccc(-c3ccccc3)cc2)cc1OC. The van der Waals surface area contributed by atoms with Gasteiger partial charge in [0.15, 0.2) is 17.6 Å². The molecule has 0 spiro atoms. The molecule has 0 bridgehead atoms. The number of rotatable bonds is 9. The van der Waals surface area contributed by atoms with Gasteiger partial charge in [-0.3, -0.25) is 4.79 Å². The summed E-state index contributed by atoms with van der Waals surface area (Å²) in [6, 6.07) is 22.8. The molecule has 2 N–H and O–H groups in total. The third kappa shape index (κ3) is 5.88. The van der Waals surface area contributed by atoms with Gasteiger partial charge in [0.25, 0.3) is 5.91 Å². The zero-order valence-electron chi connectivity index (χ0n) is 17.4.